The van der Waals surface area contributed by atoms with Crippen LogP contribution in [0.1, 0.15) is 23.6 Å². The van der Waals surface area contributed by atoms with E-state index in [1.807, 2.05) is 48.5 Å². The second-order valence-electron chi connectivity index (χ2n) is 7.63. The molecule has 4 rings (SSSR count). The molecule has 4 aromatic rings. The number of amides is 1. The number of nitrogens with zero attached hydrogens (tertiary/aromatic N) is 1. The number of benzene rings is 3. The normalized spacial score (nSPS) is 10.7. The molecule has 162 valence electrons. The van der Waals surface area contributed by atoms with E-state index < -0.39 is 0 Å². The van der Waals surface area contributed by atoms with E-state index in [4.69, 9.17) is 9.72 Å². The van der Waals surface area contributed by atoms with E-state index in [1.54, 1.807) is 11.3 Å². The van der Waals surface area contributed by atoms with Crippen molar-refractivity contribution in [3.63, 3.8) is 0 Å². The summed E-state index contributed by atoms with van der Waals surface area (Å²) in [4.78, 5) is 17.0. The molecule has 5 heteroatoms. The smallest absolute Gasteiger partial charge is 0.258 e. The van der Waals surface area contributed by atoms with Crippen LogP contribution >= 0.6 is 11.3 Å². The Bertz CT molecular complexity index is 1180. The molecule has 0 atom stereocenters. The van der Waals surface area contributed by atoms with E-state index in [0.717, 1.165) is 45.1 Å². The van der Waals surface area contributed by atoms with Crippen molar-refractivity contribution in [1.82, 2.24) is 10.3 Å². The van der Waals surface area contributed by atoms with Gasteiger partial charge in [0.05, 0.1) is 5.69 Å². The number of rotatable bonds is 8. The highest BCUT2D eigenvalue weighted by Crippen LogP contribution is 2.29. The molecule has 4 nitrogen and oxygen atoms in total. The third kappa shape index (κ3) is 5.42. The summed E-state index contributed by atoms with van der Waals surface area (Å²) in [5.41, 5.74) is 6.56. The molecule has 1 N–H and O–H groups in total. The molecule has 1 heterocycles. The number of aromatic nitrogens is 1. The summed E-state index contributed by atoms with van der Waals surface area (Å²) in [7, 11) is 0. The molecule has 0 fully saturated rings. The van der Waals surface area contributed by atoms with Gasteiger partial charge in [-0.15, -0.1) is 11.3 Å². The van der Waals surface area contributed by atoms with Gasteiger partial charge >= 0.3 is 0 Å². The molecule has 1 aromatic heterocycles. The number of para-hydroxylation sites is 1. The van der Waals surface area contributed by atoms with E-state index >= 15 is 0 Å². The molecule has 0 radical (unpaired) electrons. The van der Waals surface area contributed by atoms with Gasteiger partial charge in [-0.2, -0.15) is 0 Å². The van der Waals surface area contributed by atoms with E-state index in [-0.39, 0.29) is 12.5 Å². The minimum atomic E-state index is -0.136. The van der Waals surface area contributed by atoms with Crippen LogP contribution in [0.4, 0.5) is 0 Å². The SMILES string of the molecule is CCc1ccccc1OCC(=O)NCc1ccc(-c2nc(-c3ccc(C)cc3)cs2)cc1. The second kappa shape index (κ2) is 10.2. The third-order valence-electron chi connectivity index (χ3n) is 5.25. The molecular formula is C27H26N2O2S. The lowest BCUT2D eigenvalue weighted by Crippen LogP contribution is -2.28. The van der Waals surface area contributed by atoms with Gasteiger partial charge in [0.1, 0.15) is 10.8 Å². The summed E-state index contributed by atoms with van der Waals surface area (Å²) in [6.45, 7) is 4.63. The molecule has 0 saturated carbocycles. The molecule has 3 aromatic carbocycles. The molecule has 32 heavy (non-hydrogen) atoms. The number of ether oxygens (including phenoxy) is 1. The van der Waals surface area contributed by atoms with Crippen molar-refractivity contribution in [3.8, 4) is 27.6 Å². The Morgan fingerprint density at radius 2 is 1.69 bits per heavy atom. The minimum Gasteiger partial charge on any atom is -0.483 e. The average molecular weight is 443 g/mol. The van der Waals surface area contributed by atoms with Crippen LogP contribution in [0.5, 0.6) is 5.75 Å². The zero-order chi connectivity index (χ0) is 22.3. The largest absolute Gasteiger partial charge is 0.483 e. The van der Waals surface area contributed by atoms with Gasteiger partial charge in [-0.3, -0.25) is 4.79 Å². The van der Waals surface area contributed by atoms with Crippen molar-refractivity contribution >= 4 is 17.2 Å². The van der Waals surface area contributed by atoms with Gasteiger partial charge in [0.25, 0.3) is 5.91 Å². The Balaban J connectivity index is 1.31. The molecule has 0 spiro atoms. The molecule has 0 bridgehead atoms. The predicted molar refractivity (Wildman–Crippen MR) is 131 cm³/mol. The highest BCUT2D eigenvalue weighted by atomic mass is 32.1. The Labute approximate surface area is 192 Å². The van der Waals surface area contributed by atoms with Crippen LogP contribution in [-0.2, 0) is 17.8 Å². The van der Waals surface area contributed by atoms with Gasteiger partial charge in [0, 0.05) is 23.1 Å². The summed E-state index contributed by atoms with van der Waals surface area (Å²) in [5.74, 6) is 0.630. The molecule has 0 unspecified atom stereocenters. The lowest BCUT2D eigenvalue weighted by Gasteiger charge is -2.10. The minimum absolute atomic E-state index is 0.00992. The van der Waals surface area contributed by atoms with Crippen molar-refractivity contribution in [3.05, 3.63) is 94.9 Å². The zero-order valence-electron chi connectivity index (χ0n) is 18.3. The lowest BCUT2D eigenvalue weighted by atomic mass is 10.1. The van der Waals surface area contributed by atoms with Crippen molar-refractivity contribution in [2.45, 2.75) is 26.8 Å². The first-order chi connectivity index (χ1) is 15.6. The highest BCUT2D eigenvalue weighted by molar-refractivity contribution is 7.13. The predicted octanol–water partition coefficient (Wildman–Crippen LogP) is 6.04. The number of hydrogen-bond donors (Lipinski definition) is 1. The monoisotopic (exact) mass is 442 g/mol. The Morgan fingerprint density at radius 1 is 0.969 bits per heavy atom. The van der Waals surface area contributed by atoms with E-state index in [0.29, 0.717) is 6.54 Å². The number of carbonyl (C=O) groups excluding carboxylic acids is 1. The zero-order valence-corrected chi connectivity index (χ0v) is 19.1. The summed E-state index contributed by atoms with van der Waals surface area (Å²) >= 11 is 1.64. The maximum atomic E-state index is 12.2. The van der Waals surface area contributed by atoms with Gasteiger partial charge in [0.15, 0.2) is 6.61 Å². The van der Waals surface area contributed by atoms with Gasteiger partial charge < -0.3 is 10.1 Å². The molecule has 0 saturated heterocycles. The van der Waals surface area contributed by atoms with Crippen LogP contribution in [-0.4, -0.2) is 17.5 Å². The molecule has 0 aliphatic carbocycles. The number of thiazole rings is 1. The molecule has 0 aliphatic heterocycles. The average Bonchev–Trinajstić information content (AvgIpc) is 3.32. The van der Waals surface area contributed by atoms with Gasteiger partial charge in [0.2, 0.25) is 0 Å². The Hall–Kier alpha value is -3.44. The summed E-state index contributed by atoms with van der Waals surface area (Å²) in [6, 6.07) is 24.4. The first-order valence-electron chi connectivity index (χ1n) is 10.7. The molecule has 1 amide bonds. The van der Waals surface area contributed by atoms with Crippen LogP contribution < -0.4 is 10.1 Å². The topological polar surface area (TPSA) is 51.2 Å². The van der Waals surface area contributed by atoms with Crippen molar-refractivity contribution in [2.75, 3.05) is 6.61 Å². The fraction of sp³-hybridized carbons (Fsp3) is 0.185. The standard InChI is InChI=1S/C27H26N2O2S/c1-3-21-6-4-5-7-25(21)31-17-26(30)28-16-20-10-14-23(15-11-20)27-29-24(18-32-27)22-12-8-19(2)9-13-22/h4-15,18H,3,16-17H2,1-2H3,(H,28,30). The quantitative estimate of drug-likeness (QED) is 0.362. The van der Waals surface area contributed by atoms with E-state index in [1.165, 1.54) is 5.56 Å². The maximum Gasteiger partial charge on any atom is 0.258 e. The number of aryl methyl sites for hydroxylation is 2. The summed E-state index contributed by atoms with van der Waals surface area (Å²) in [6.07, 6.45) is 0.871. The Morgan fingerprint density at radius 3 is 2.44 bits per heavy atom. The van der Waals surface area contributed by atoms with Crippen LogP contribution in [0.2, 0.25) is 0 Å². The first-order valence-corrected chi connectivity index (χ1v) is 11.6. The molecular weight excluding hydrogens is 416 g/mol. The van der Waals surface area contributed by atoms with Crippen LogP contribution in [0.3, 0.4) is 0 Å². The fourth-order valence-electron chi connectivity index (χ4n) is 3.36. The van der Waals surface area contributed by atoms with Gasteiger partial charge in [-0.1, -0.05) is 79.2 Å². The number of nitrogens with one attached hydrogen (secondary N) is 1. The second-order valence-corrected chi connectivity index (χ2v) is 8.49. The summed E-state index contributed by atoms with van der Waals surface area (Å²) in [5, 5.41) is 5.99. The van der Waals surface area contributed by atoms with Crippen LogP contribution in [0.25, 0.3) is 21.8 Å². The van der Waals surface area contributed by atoms with Gasteiger partial charge in [-0.05, 0) is 30.5 Å². The molecule has 0 aliphatic rings. The summed E-state index contributed by atoms with van der Waals surface area (Å²) < 4.78 is 5.68. The maximum absolute atomic E-state index is 12.2. The number of carbonyl (C=O) groups is 1. The fourth-order valence-corrected chi connectivity index (χ4v) is 4.20. The van der Waals surface area contributed by atoms with Crippen molar-refractivity contribution < 1.29 is 9.53 Å². The number of hydrogen-bond acceptors (Lipinski definition) is 4. The van der Waals surface area contributed by atoms with Gasteiger partial charge in [-0.25, -0.2) is 4.98 Å². The van der Waals surface area contributed by atoms with Crippen LogP contribution in [0, 0.1) is 6.92 Å². The van der Waals surface area contributed by atoms with E-state index in [2.05, 4.69) is 48.8 Å². The van der Waals surface area contributed by atoms with Crippen LogP contribution in [0.15, 0.2) is 78.2 Å². The Kier molecular flexibility index (Phi) is 6.97. The first kappa shape index (κ1) is 21.8. The van der Waals surface area contributed by atoms with Crippen molar-refractivity contribution in [1.29, 1.82) is 0 Å². The highest BCUT2D eigenvalue weighted by Gasteiger charge is 2.08. The lowest BCUT2D eigenvalue weighted by molar-refractivity contribution is -0.123. The van der Waals surface area contributed by atoms with Crippen molar-refractivity contribution in [2.24, 2.45) is 0 Å². The third-order valence-corrected chi connectivity index (χ3v) is 6.15. The van der Waals surface area contributed by atoms with E-state index in [9.17, 15) is 4.79 Å².